The fourth-order valence-corrected chi connectivity index (χ4v) is 4.44. The second-order valence-electron chi connectivity index (χ2n) is 8.41. The van der Waals surface area contributed by atoms with E-state index in [-0.39, 0.29) is 35.4 Å². The number of fused-ring (bicyclic) bond motifs is 1. The molecule has 7 nitrogen and oxygen atoms in total. The summed E-state index contributed by atoms with van der Waals surface area (Å²) in [5.74, 6) is 0. The van der Waals surface area contributed by atoms with Crippen molar-refractivity contribution in [2.24, 2.45) is 12.8 Å². The van der Waals surface area contributed by atoms with Crippen LogP contribution in [-0.2, 0) is 24.4 Å². The van der Waals surface area contributed by atoms with Crippen LogP contribution in [0.5, 0.6) is 0 Å². The number of benzene rings is 1. The third-order valence-corrected chi connectivity index (χ3v) is 5.99. The molecule has 4 heterocycles. The SMILES string of the molecule is Cn1cc(-c2n[nH]c3cnc(-c4cccc(CC5CC(N)CCO5)c4C(F)(F)F)cc23)cn1. The van der Waals surface area contributed by atoms with E-state index >= 15 is 0 Å². The Morgan fingerprint density at radius 2 is 2.12 bits per heavy atom. The van der Waals surface area contributed by atoms with Gasteiger partial charge in [0.2, 0.25) is 0 Å². The molecule has 0 amide bonds. The standard InChI is InChI=1S/C23H23F3N6O/c1-32-12-14(10-29-32)22-18-9-19(28-11-20(18)30-31-22)17-4-2-3-13(21(17)23(24,25)26)7-16-8-15(27)5-6-33-16/h2-4,9-12,15-16H,5-8,27H2,1H3,(H,30,31). The van der Waals surface area contributed by atoms with Gasteiger partial charge in [-0.25, -0.2) is 0 Å². The van der Waals surface area contributed by atoms with Gasteiger partial charge in [-0.15, -0.1) is 0 Å². The number of alkyl halides is 3. The molecule has 5 rings (SSSR count). The average molecular weight is 456 g/mol. The molecule has 0 radical (unpaired) electrons. The van der Waals surface area contributed by atoms with Crippen LogP contribution in [0.4, 0.5) is 13.2 Å². The molecule has 0 saturated carbocycles. The predicted octanol–water partition coefficient (Wildman–Crippen LogP) is 4.09. The average Bonchev–Trinajstić information content (AvgIpc) is 3.38. The highest BCUT2D eigenvalue weighted by molar-refractivity contribution is 5.94. The molecule has 0 bridgehead atoms. The van der Waals surface area contributed by atoms with E-state index < -0.39 is 11.7 Å². The van der Waals surface area contributed by atoms with Gasteiger partial charge in [0.25, 0.3) is 0 Å². The van der Waals surface area contributed by atoms with Crippen molar-refractivity contribution in [2.45, 2.75) is 37.6 Å². The lowest BCUT2D eigenvalue weighted by molar-refractivity contribution is -0.138. The summed E-state index contributed by atoms with van der Waals surface area (Å²) in [6, 6.07) is 6.18. The van der Waals surface area contributed by atoms with Crippen molar-refractivity contribution in [2.75, 3.05) is 6.61 Å². The van der Waals surface area contributed by atoms with Crippen molar-refractivity contribution in [3.8, 4) is 22.5 Å². The van der Waals surface area contributed by atoms with E-state index in [2.05, 4.69) is 20.3 Å². The first kappa shape index (κ1) is 21.6. The second kappa shape index (κ2) is 8.27. The lowest BCUT2D eigenvalue weighted by Crippen LogP contribution is -2.36. The Kier molecular flexibility index (Phi) is 5.41. The van der Waals surface area contributed by atoms with Gasteiger partial charge in [0.05, 0.1) is 35.3 Å². The number of aromatic amines is 1. The highest BCUT2D eigenvalue weighted by Gasteiger charge is 2.37. The van der Waals surface area contributed by atoms with Gasteiger partial charge in [0.1, 0.15) is 5.69 Å². The van der Waals surface area contributed by atoms with Crippen LogP contribution in [0.25, 0.3) is 33.4 Å². The summed E-state index contributed by atoms with van der Waals surface area (Å²) >= 11 is 0. The van der Waals surface area contributed by atoms with Gasteiger partial charge in [0.15, 0.2) is 0 Å². The molecule has 3 aromatic heterocycles. The predicted molar refractivity (Wildman–Crippen MR) is 117 cm³/mol. The van der Waals surface area contributed by atoms with Crippen LogP contribution in [0.15, 0.2) is 42.9 Å². The van der Waals surface area contributed by atoms with Crippen LogP contribution in [0.3, 0.4) is 0 Å². The lowest BCUT2D eigenvalue weighted by Gasteiger charge is -2.28. The second-order valence-corrected chi connectivity index (χ2v) is 8.41. The van der Waals surface area contributed by atoms with E-state index in [9.17, 15) is 13.2 Å². The maximum absolute atomic E-state index is 14.3. The smallest absolute Gasteiger partial charge is 0.378 e. The summed E-state index contributed by atoms with van der Waals surface area (Å²) < 4.78 is 50.2. The van der Waals surface area contributed by atoms with Gasteiger partial charge < -0.3 is 10.5 Å². The van der Waals surface area contributed by atoms with Gasteiger partial charge in [-0.1, -0.05) is 18.2 Å². The van der Waals surface area contributed by atoms with Crippen molar-refractivity contribution in [1.82, 2.24) is 25.0 Å². The number of pyridine rings is 1. The molecule has 2 unspecified atom stereocenters. The molecule has 2 atom stereocenters. The number of rotatable bonds is 4. The molecule has 10 heteroatoms. The Balaban J connectivity index is 1.60. The number of ether oxygens (including phenoxy) is 1. The quantitative estimate of drug-likeness (QED) is 0.482. The highest BCUT2D eigenvalue weighted by Crippen LogP contribution is 2.41. The van der Waals surface area contributed by atoms with Crippen LogP contribution < -0.4 is 5.73 Å². The van der Waals surface area contributed by atoms with Crippen molar-refractivity contribution < 1.29 is 17.9 Å². The summed E-state index contributed by atoms with van der Waals surface area (Å²) in [6.45, 7) is 0.461. The maximum atomic E-state index is 14.3. The molecule has 3 N–H and O–H groups in total. The molecular weight excluding hydrogens is 433 g/mol. The lowest BCUT2D eigenvalue weighted by atomic mass is 9.91. The minimum absolute atomic E-state index is 0.0281. The minimum atomic E-state index is -4.55. The van der Waals surface area contributed by atoms with E-state index in [0.29, 0.717) is 29.6 Å². The van der Waals surface area contributed by atoms with Gasteiger partial charge in [0, 0.05) is 42.4 Å². The Morgan fingerprint density at radius 3 is 2.85 bits per heavy atom. The molecule has 1 fully saturated rings. The van der Waals surface area contributed by atoms with Crippen molar-refractivity contribution in [3.05, 3.63) is 54.0 Å². The Bertz CT molecular complexity index is 1300. The third kappa shape index (κ3) is 4.23. The number of H-pyrrole nitrogens is 1. The number of hydrogen-bond acceptors (Lipinski definition) is 5. The first-order valence-corrected chi connectivity index (χ1v) is 10.7. The molecule has 1 aliphatic heterocycles. The van der Waals surface area contributed by atoms with Crippen molar-refractivity contribution in [1.29, 1.82) is 0 Å². The van der Waals surface area contributed by atoms with Crippen LogP contribution in [0.2, 0.25) is 0 Å². The van der Waals surface area contributed by atoms with Crippen LogP contribution in [-0.4, -0.2) is 43.7 Å². The largest absolute Gasteiger partial charge is 0.417 e. The van der Waals surface area contributed by atoms with E-state index in [1.165, 1.54) is 18.3 Å². The van der Waals surface area contributed by atoms with Gasteiger partial charge >= 0.3 is 6.18 Å². The van der Waals surface area contributed by atoms with Gasteiger partial charge in [-0.2, -0.15) is 23.4 Å². The molecule has 0 aliphatic carbocycles. The minimum Gasteiger partial charge on any atom is -0.378 e. The van der Waals surface area contributed by atoms with Crippen LogP contribution in [0, 0.1) is 0 Å². The molecule has 0 spiro atoms. The summed E-state index contributed by atoms with van der Waals surface area (Å²) in [6.07, 6.45) is 1.47. The van der Waals surface area contributed by atoms with E-state index in [4.69, 9.17) is 10.5 Å². The fourth-order valence-electron chi connectivity index (χ4n) is 4.44. The first-order chi connectivity index (χ1) is 15.8. The van der Waals surface area contributed by atoms with Crippen LogP contribution >= 0.6 is 0 Å². The zero-order chi connectivity index (χ0) is 23.2. The molecule has 1 saturated heterocycles. The van der Waals surface area contributed by atoms with Crippen molar-refractivity contribution in [3.63, 3.8) is 0 Å². The molecule has 1 aromatic carbocycles. The molecular formula is C23H23F3N6O. The molecule has 33 heavy (non-hydrogen) atoms. The Labute approximate surface area is 187 Å². The number of nitrogens with zero attached hydrogens (tertiary/aromatic N) is 4. The number of aryl methyl sites for hydroxylation is 1. The zero-order valence-electron chi connectivity index (χ0n) is 17.9. The number of aromatic nitrogens is 5. The number of halogens is 3. The molecule has 172 valence electrons. The Hall–Kier alpha value is -3.24. The number of nitrogens with one attached hydrogen (secondary N) is 1. The Morgan fingerprint density at radius 1 is 1.27 bits per heavy atom. The monoisotopic (exact) mass is 456 g/mol. The number of hydrogen-bond donors (Lipinski definition) is 2. The van der Waals surface area contributed by atoms with E-state index in [1.54, 1.807) is 36.3 Å². The first-order valence-electron chi connectivity index (χ1n) is 10.7. The fraction of sp³-hybridized carbons (Fsp3) is 0.348. The summed E-state index contributed by atoms with van der Waals surface area (Å²) in [5.41, 5.74) is 7.75. The molecule has 1 aliphatic rings. The van der Waals surface area contributed by atoms with E-state index in [0.717, 1.165) is 12.0 Å². The summed E-state index contributed by atoms with van der Waals surface area (Å²) in [7, 11) is 1.79. The van der Waals surface area contributed by atoms with Crippen LogP contribution in [0.1, 0.15) is 24.0 Å². The third-order valence-electron chi connectivity index (χ3n) is 5.99. The molecule has 4 aromatic rings. The van der Waals surface area contributed by atoms with E-state index in [1.807, 2.05) is 0 Å². The number of nitrogens with two attached hydrogens (primary N) is 1. The maximum Gasteiger partial charge on any atom is 0.417 e. The highest BCUT2D eigenvalue weighted by atomic mass is 19.4. The van der Waals surface area contributed by atoms with Gasteiger partial charge in [-0.3, -0.25) is 14.8 Å². The summed E-state index contributed by atoms with van der Waals surface area (Å²) in [5, 5.41) is 12.0. The zero-order valence-corrected chi connectivity index (χ0v) is 17.9. The summed E-state index contributed by atoms with van der Waals surface area (Å²) in [4.78, 5) is 4.32. The van der Waals surface area contributed by atoms with Gasteiger partial charge in [-0.05, 0) is 30.9 Å². The van der Waals surface area contributed by atoms with Crippen molar-refractivity contribution >= 4 is 10.9 Å². The normalized spacial score (nSPS) is 19.3. The topological polar surface area (TPSA) is 94.6 Å².